The summed E-state index contributed by atoms with van der Waals surface area (Å²) in [5.41, 5.74) is 2.41. The van der Waals surface area contributed by atoms with Gasteiger partial charge in [-0.05, 0) is 59.5 Å². The SMILES string of the molecule is CCCCOc1ccc(-c2ccc(F)c(Cl)c2)cc1C(=O)NC(Cc1ccc(Br)cc1)C(=O)OC. The Bertz CT molecular complexity index is 1190. The fourth-order valence-corrected chi connectivity index (χ4v) is 3.89. The average Bonchev–Trinajstić information content (AvgIpc) is 2.86. The summed E-state index contributed by atoms with van der Waals surface area (Å²) in [7, 11) is 1.28. The van der Waals surface area contributed by atoms with Crippen molar-refractivity contribution < 1.29 is 23.5 Å². The van der Waals surface area contributed by atoms with Gasteiger partial charge in [0.15, 0.2) is 0 Å². The topological polar surface area (TPSA) is 64.6 Å². The molecule has 1 unspecified atom stereocenters. The summed E-state index contributed by atoms with van der Waals surface area (Å²) in [5.74, 6) is -1.18. The largest absolute Gasteiger partial charge is 0.493 e. The van der Waals surface area contributed by atoms with Crippen LogP contribution in [-0.2, 0) is 16.0 Å². The number of methoxy groups -OCH3 is 1. The molecule has 0 bridgehead atoms. The molecule has 0 saturated heterocycles. The van der Waals surface area contributed by atoms with E-state index in [1.54, 1.807) is 24.3 Å². The van der Waals surface area contributed by atoms with Crippen LogP contribution in [0.4, 0.5) is 4.39 Å². The Labute approximate surface area is 217 Å². The van der Waals surface area contributed by atoms with Gasteiger partial charge in [0.25, 0.3) is 5.91 Å². The molecule has 5 nitrogen and oxygen atoms in total. The van der Waals surface area contributed by atoms with E-state index >= 15 is 0 Å². The van der Waals surface area contributed by atoms with Gasteiger partial charge in [-0.25, -0.2) is 9.18 Å². The van der Waals surface area contributed by atoms with Gasteiger partial charge in [-0.15, -0.1) is 0 Å². The minimum Gasteiger partial charge on any atom is -0.493 e. The Morgan fingerprint density at radius 2 is 1.74 bits per heavy atom. The number of esters is 1. The second kappa shape index (κ2) is 12.7. The number of halogens is 3. The lowest BCUT2D eigenvalue weighted by atomic mass is 10.0. The average molecular weight is 563 g/mol. The fourth-order valence-electron chi connectivity index (χ4n) is 3.44. The van der Waals surface area contributed by atoms with Crippen molar-refractivity contribution in [2.24, 2.45) is 0 Å². The van der Waals surface area contributed by atoms with Crippen LogP contribution >= 0.6 is 27.5 Å². The van der Waals surface area contributed by atoms with Crippen molar-refractivity contribution in [1.29, 1.82) is 0 Å². The van der Waals surface area contributed by atoms with Crippen molar-refractivity contribution in [3.8, 4) is 16.9 Å². The zero-order chi connectivity index (χ0) is 25.4. The number of hydrogen-bond donors (Lipinski definition) is 1. The summed E-state index contributed by atoms with van der Waals surface area (Å²) >= 11 is 9.34. The van der Waals surface area contributed by atoms with Crippen molar-refractivity contribution in [3.63, 3.8) is 0 Å². The van der Waals surface area contributed by atoms with Gasteiger partial charge in [-0.3, -0.25) is 4.79 Å². The van der Waals surface area contributed by atoms with E-state index in [1.165, 1.54) is 19.2 Å². The van der Waals surface area contributed by atoms with E-state index in [0.29, 0.717) is 23.5 Å². The van der Waals surface area contributed by atoms with Crippen LogP contribution in [0.5, 0.6) is 5.75 Å². The van der Waals surface area contributed by atoms with Gasteiger partial charge in [0.1, 0.15) is 17.6 Å². The molecule has 0 heterocycles. The summed E-state index contributed by atoms with van der Waals surface area (Å²) in [4.78, 5) is 25.9. The summed E-state index contributed by atoms with van der Waals surface area (Å²) in [6.45, 7) is 2.49. The van der Waals surface area contributed by atoms with Crippen LogP contribution in [-0.4, -0.2) is 31.6 Å². The van der Waals surface area contributed by atoms with Crippen molar-refractivity contribution in [2.45, 2.75) is 32.2 Å². The van der Waals surface area contributed by atoms with Crippen LogP contribution in [0.25, 0.3) is 11.1 Å². The Hall–Kier alpha value is -2.90. The maximum absolute atomic E-state index is 13.7. The standard InChI is InChI=1S/C27H26BrClFNO4/c1-3-4-13-35-25-12-8-18(19-7-11-23(30)22(29)16-19)15-21(25)26(32)31-24(27(33)34-2)14-17-5-9-20(28)10-6-17/h5-12,15-16,24H,3-4,13-14H2,1-2H3,(H,31,32). The summed E-state index contributed by atoms with van der Waals surface area (Å²) in [6, 6.07) is 16.0. The molecular formula is C27H26BrClFNO4. The Morgan fingerprint density at radius 3 is 2.40 bits per heavy atom. The van der Waals surface area contributed by atoms with Crippen molar-refractivity contribution in [1.82, 2.24) is 5.32 Å². The van der Waals surface area contributed by atoms with Crippen LogP contribution in [0, 0.1) is 5.82 Å². The molecule has 3 rings (SSSR count). The molecule has 35 heavy (non-hydrogen) atoms. The van der Waals surface area contributed by atoms with Gasteiger partial charge >= 0.3 is 5.97 Å². The van der Waals surface area contributed by atoms with Crippen LogP contribution in [0.2, 0.25) is 5.02 Å². The molecule has 0 spiro atoms. The number of rotatable bonds is 10. The van der Waals surface area contributed by atoms with Crippen LogP contribution in [0.15, 0.2) is 65.1 Å². The molecule has 1 amide bonds. The highest BCUT2D eigenvalue weighted by molar-refractivity contribution is 9.10. The summed E-state index contributed by atoms with van der Waals surface area (Å²) < 4.78 is 25.4. The molecule has 0 aromatic heterocycles. The molecule has 0 aliphatic rings. The Kier molecular flexibility index (Phi) is 9.69. The third-order valence-corrected chi connectivity index (χ3v) is 6.20. The zero-order valence-corrected chi connectivity index (χ0v) is 21.8. The predicted molar refractivity (Wildman–Crippen MR) is 138 cm³/mol. The number of unbranched alkanes of at least 4 members (excludes halogenated alkanes) is 1. The van der Waals surface area contributed by atoms with Gasteiger partial charge in [0.2, 0.25) is 0 Å². The normalized spacial score (nSPS) is 11.6. The number of benzene rings is 3. The van der Waals surface area contributed by atoms with Gasteiger partial charge < -0.3 is 14.8 Å². The van der Waals surface area contributed by atoms with Gasteiger partial charge in [0.05, 0.1) is 24.3 Å². The minimum absolute atomic E-state index is 0.0166. The second-order valence-electron chi connectivity index (χ2n) is 7.92. The number of carbonyl (C=O) groups excluding carboxylic acids is 2. The summed E-state index contributed by atoms with van der Waals surface area (Å²) in [6.07, 6.45) is 2.01. The van der Waals surface area contributed by atoms with E-state index in [4.69, 9.17) is 21.1 Å². The lowest BCUT2D eigenvalue weighted by Gasteiger charge is -2.19. The smallest absolute Gasteiger partial charge is 0.328 e. The number of carbonyl (C=O) groups is 2. The van der Waals surface area contributed by atoms with E-state index in [-0.39, 0.29) is 17.0 Å². The third kappa shape index (κ3) is 7.29. The van der Waals surface area contributed by atoms with Crippen LogP contribution in [0.1, 0.15) is 35.7 Å². The van der Waals surface area contributed by atoms with Crippen molar-refractivity contribution in [3.05, 3.63) is 87.1 Å². The van der Waals surface area contributed by atoms with E-state index in [9.17, 15) is 14.0 Å². The lowest BCUT2D eigenvalue weighted by Crippen LogP contribution is -2.43. The zero-order valence-electron chi connectivity index (χ0n) is 19.4. The first-order valence-electron chi connectivity index (χ1n) is 11.2. The van der Waals surface area contributed by atoms with Gasteiger partial charge in [-0.2, -0.15) is 0 Å². The molecule has 0 saturated carbocycles. The molecule has 184 valence electrons. The molecule has 0 aliphatic heterocycles. The summed E-state index contributed by atoms with van der Waals surface area (Å²) in [5, 5.41) is 2.77. The highest BCUT2D eigenvalue weighted by Gasteiger charge is 2.25. The molecular weight excluding hydrogens is 537 g/mol. The van der Waals surface area contributed by atoms with Crippen LogP contribution in [0.3, 0.4) is 0 Å². The van der Waals surface area contributed by atoms with Gasteiger partial charge in [0, 0.05) is 10.9 Å². The Balaban J connectivity index is 1.92. The number of hydrogen-bond acceptors (Lipinski definition) is 4. The van der Waals surface area contributed by atoms with Gasteiger partial charge in [-0.1, -0.05) is 65.1 Å². The minimum atomic E-state index is -0.902. The maximum atomic E-state index is 13.7. The number of amides is 1. The predicted octanol–water partition coefficient (Wildman–Crippen LogP) is 6.60. The van der Waals surface area contributed by atoms with E-state index in [2.05, 4.69) is 21.2 Å². The third-order valence-electron chi connectivity index (χ3n) is 5.38. The first kappa shape index (κ1) is 26.7. The number of nitrogens with one attached hydrogen (secondary N) is 1. The van der Waals surface area contributed by atoms with E-state index in [0.717, 1.165) is 22.9 Å². The van der Waals surface area contributed by atoms with E-state index in [1.807, 2.05) is 31.2 Å². The van der Waals surface area contributed by atoms with Crippen molar-refractivity contribution >= 4 is 39.4 Å². The molecule has 3 aromatic rings. The first-order chi connectivity index (χ1) is 16.8. The quantitative estimate of drug-likeness (QED) is 0.223. The highest BCUT2D eigenvalue weighted by Crippen LogP contribution is 2.30. The van der Waals surface area contributed by atoms with Crippen molar-refractivity contribution in [2.75, 3.05) is 13.7 Å². The fraction of sp³-hybridized carbons (Fsp3) is 0.259. The molecule has 1 atom stereocenters. The molecule has 0 radical (unpaired) electrons. The molecule has 3 aromatic carbocycles. The molecule has 1 N–H and O–H groups in total. The highest BCUT2D eigenvalue weighted by atomic mass is 79.9. The molecule has 0 aliphatic carbocycles. The van der Waals surface area contributed by atoms with E-state index < -0.39 is 23.7 Å². The lowest BCUT2D eigenvalue weighted by molar-refractivity contribution is -0.142. The molecule has 8 heteroatoms. The Morgan fingerprint density at radius 1 is 1.06 bits per heavy atom. The molecule has 0 fully saturated rings. The first-order valence-corrected chi connectivity index (χ1v) is 12.3. The number of ether oxygens (including phenoxy) is 2. The maximum Gasteiger partial charge on any atom is 0.328 e. The van der Waals surface area contributed by atoms with Crippen LogP contribution < -0.4 is 10.1 Å². The monoisotopic (exact) mass is 561 g/mol. The second-order valence-corrected chi connectivity index (χ2v) is 9.24.